The molecule has 0 atom stereocenters. The van der Waals surface area contributed by atoms with Gasteiger partial charge in [-0.05, 0) is 26.0 Å². The molecule has 0 saturated carbocycles. The van der Waals surface area contributed by atoms with Crippen LogP contribution >= 0.6 is 0 Å². The van der Waals surface area contributed by atoms with Gasteiger partial charge in [0.15, 0.2) is 0 Å². The Balaban J connectivity index is 2.65. The Kier molecular flexibility index (Phi) is 4.74. The van der Waals surface area contributed by atoms with Crippen molar-refractivity contribution in [3.63, 3.8) is 0 Å². The van der Waals surface area contributed by atoms with E-state index in [4.69, 9.17) is 9.68 Å². The van der Waals surface area contributed by atoms with E-state index in [1.807, 2.05) is 13.8 Å². The van der Waals surface area contributed by atoms with Crippen molar-refractivity contribution in [2.45, 2.75) is 25.5 Å². The summed E-state index contributed by atoms with van der Waals surface area (Å²) in [5, 5.41) is 11.9. The topological polar surface area (TPSA) is 86.3 Å². The first-order chi connectivity index (χ1) is 8.69. The molecule has 0 aliphatic carbocycles. The van der Waals surface area contributed by atoms with Crippen molar-refractivity contribution in [2.24, 2.45) is 5.41 Å². The average Bonchev–Trinajstić information content (AvgIpc) is 2.78. The van der Waals surface area contributed by atoms with Gasteiger partial charge in [-0.15, -0.1) is 0 Å². The highest BCUT2D eigenvalue weighted by Gasteiger charge is 2.21. The first-order valence-electron chi connectivity index (χ1n) is 5.82. The molecule has 19 heavy (non-hydrogen) atoms. The lowest BCUT2D eigenvalue weighted by atomic mass is 9.96. The van der Waals surface area contributed by atoms with Gasteiger partial charge in [-0.1, -0.05) is 0 Å². The van der Waals surface area contributed by atoms with Crippen LogP contribution in [0.4, 0.5) is 0 Å². The summed E-state index contributed by atoms with van der Waals surface area (Å²) in [6, 6.07) is 5.22. The quantitative estimate of drug-likeness (QED) is 0.848. The van der Waals surface area contributed by atoms with Gasteiger partial charge in [-0.25, -0.2) is 12.7 Å². The Bertz CT molecular complexity index is 567. The predicted octanol–water partition coefficient (Wildman–Crippen LogP) is 1.17. The fraction of sp³-hybridized carbons (Fsp3) is 0.583. The normalized spacial score (nSPS) is 12.6. The highest BCUT2D eigenvalue weighted by Crippen LogP contribution is 2.17. The molecule has 0 fully saturated rings. The molecule has 0 bridgehead atoms. The van der Waals surface area contributed by atoms with Crippen molar-refractivity contribution in [3.8, 4) is 6.07 Å². The maximum absolute atomic E-state index is 11.8. The molecule has 0 unspecified atom stereocenters. The molecule has 0 aromatic carbocycles. The highest BCUT2D eigenvalue weighted by molar-refractivity contribution is 7.88. The maximum Gasteiger partial charge on any atom is 0.275 e. The molecule has 0 aliphatic rings. The van der Waals surface area contributed by atoms with E-state index in [0.717, 1.165) is 4.31 Å². The number of hydrogen-bond donors (Lipinski definition) is 1. The Morgan fingerprint density at radius 2 is 2.05 bits per heavy atom. The summed E-state index contributed by atoms with van der Waals surface area (Å²) in [4.78, 5) is 0. The van der Waals surface area contributed by atoms with Crippen LogP contribution in [0.2, 0.25) is 0 Å². The van der Waals surface area contributed by atoms with Gasteiger partial charge >= 0.3 is 0 Å². The molecule has 0 amide bonds. The third-order valence-corrected chi connectivity index (χ3v) is 4.23. The zero-order chi connectivity index (χ0) is 14.7. The van der Waals surface area contributed by atoms with E-state index in [1.54, 1.807) is 6.07 Å². The SMILES string of the molecule is CN(C)S(=O)(=O)c1ccc(CNCC(C)(C)C#N)o1. The number of sulfonamides is 1. The van der Waals surface area contributed by atoms with Crippen LogP contribution in [0.25, 0.3) is 0 Å². The Labute approximate surface area is 114 Å². The van der Waals surface area contributed by atoms with Crippen molar-refractivity contribution in [1.29, 1.82) is 5.26 Å². The molecule has 0 spiro atoms. The Morgan fingerprint density at radius 3 is 2.58 bits per heavy atom. The highest BCUT2D eigenvalue weighted by atomic mass is 32.2. The van der Waals surface area contributed by atoms with Gasteiger partial charge < -0.3 is 9.73 Å². The second-order valence-corrected chi connectivity index (χ2v) is 7.19. The lowest BCUT2D eigenvalue weighted by Crippen LogP contribution is -2.27. The van der Waals surface area contributed by atoms with Crippen molar-refractivity contribution in [3.05, 3.63) is 17.9 Å². The van der Waals surface area contributed by atoms with E-state index in [2.05, 4.69) is 11.4 Å². The molecule has 1 aromatic heterocycles. The van der Waals surface area contributed by atoms with Gasteiger partial charge in [-0.2, -0.15) is 5.26 Å². The van der Waals surface area contributed by atoms with Crippen LogP contribution < -0.4 is 5.32 Å². The second kappa shape index (κ2) is 5.74. The molecule has 106 valence electrons. The van der Waals surface area contributed by atoms with Gasteiger partial charge in [0.1, 0.15) is 5.76 Å². The predicted molar refractivity (Wildman–Crippen MR) is 70.7 cm³/mol. The molecule has 1 N–H and O–H groups in total. The van der Waals surface area contributed by atoms with E-state index in [0.29, 0.717) is 18.8 Å². The Morgan fingerprint density at radius 1 is 1.42 bits per heavy atom. The monoisotopic (exact) mass is 285 g/mol. The standard InChI is InChI=1S/C12H19N3O3S/c1-12(2,8-13)9-14-7-10-5-6-11(18-10)19(16,17)15(3)4/h5-6,14H,7,9H2,1-4H3. The van der Waals surface area contributed by atoms with E-state index in [-0.39, 0.29) is 5.09 Å². The van der Waals surface area contributed by atoms with E-state index >= 15 is 0 Å². The van der Waals surface area contributed by atoms with E-state index in [9.17, 15) is 8.42 Å². The number of hydrogen-bond acceptors (Lipinski definition) is 5. The molecule has 0 saturated heterocycles. The van der Waals surface area contributed by atoms with Crippen molar-refractivity contribution in [2.75, 3.05) is 20.6 Å². The summed E-state index contributed by atoms with van der Waals surface area (Å²) >= 11 is 0. The maximum atomic E-state index is 11.8. The summed E-state index contributed by atoms with van der Waals surface area (Å²) in [5.41, 5.74) is -0.467. The van der Waals surface area contributed by atoms with Gasteiger partial charge in [0.25, 0.3) is 10.0 Å². The first kappa shape index (κ1) is 15.7. The molecule has 0 radical (unpaired) electrons. The zero-order valence-electron chi connectivity index (χ0n) is 11.6. The lowest BCUT2D eigenvalue weighted by molar-refractivity contribution is 0.374. The van der Waals surface area contributed by atoms with Crippen molar-refractivity contribution in [1.82, 2.24) is 9.62 Å². The number of nitrogens with zero attached hydrogens (tertiary/aromatic N) is 2. The fourth-order valence-electron chi connectivity index (χ4n) is 1.31. The number of nitrogens with one attached hydrogen (secondary N) is 1. The largest absolute Gasteiger partial charge is 0.447 e. The summed E-state index contributed by atoms with van der Waals surface area (Å²) in [6.45, 7) is 4.53. The van der Waals surface area contributed by atoms with Gasteiger partial charge in [0.05, 0.1) is 18.0 Å². The van der Waals surface area contributed by atoms with Crippen LogP contribution in [-0.4, -0.2) is 33.4 Å². The fourth-order valence-corrected chi connectivity index (χ4v) is 2.12. The minimum atomic E-state index is -3.53. The van der Waals surface area contributed by atoms with Crippen molar-refractivity contribution >= 4 is 10.0 Å². The molecular weight excluding hydrogens is 266 g/mol. The van der Waals surface area contributed by atoms with Crippen LogP contribution in [0.3, 0.4) is 0 Å². The lowest BCUT2D eigenvalue weighted by Gasteiger charge is -2.14. The summed E-state index contributed by atoms with van der Waals surface area (Å²) in [5.74, 6) is 0.522. The molecule has 1 rings (SSSR count). The molecule has 7 heteroatoms. The second-order valence-electron chi connectivity index (χ2n) is 5.11. The zero-order valence-corrected chi connectivity index (χ0v) is 12.4. The van der Waals surface area contributed by atoms with Gasteiger partial charge in [0.2, 0.25) is 5.09 Å². The number of rotatable bonds is 6. The molecule has 1 heterocycles. The molecule has 1 aromatic rings. The summed E-state index contributed by atoms with van der Waals surface area (Å²) < 4.78 is 30.0. The van der Waals surface area contributed by atoms with Crippen LogP contribution in [0.1, 0.15) is 19.6 Å². The molecule has 6 nitrogen and oxygen atoms in total. The summed E-state index contributed by atoms with van der Waals surface area (Å²) in [6.07, 6.45) is 0. The van der Waals surface area contributed by atoms with Crippen LogP contribution in [0.5, 0.6) is 0 Å². The number of furan rings is 1. The van der Waals surface area contributed by atoms with Crippen LogP contribution in [0, 0.1) is 16.7 Å². The first-order valence-corrected chi connectivity index (χ1v) is 7.26. The average molecular weight is 285 g/mol. The number of nitriles is 1. The third kappa shape index (κ3) is 4.06. The van der Waals surface area contributed by atoms with E-state index in [1.165, 1.54) is 20.2 Å². The minimum Gasteiger partial charge on any atom is -0.447 e. The molecule has 0 aliphatic heterocycles. The van der Waals surface area contributed by atoms with Crippen LogP contribution in [-0.2, 0) is 16.6 Å². The van der Waals surface area contributed by atoms with Crippen molar-refractivity contribution < 1.29 is 12.8 Å². The molecular formula is C12H19N3O3S. The van der Waals surface area contributed by atoms with Gasteiger partial charge in [-0.3, -0.25) is 0 Å². The smallest absolute Gasteiger partial charge is 0.275 e. The van der Waals surface area contributed by atoms with E-state index < -0.39 is 15.4 Å². The minimum absolute atomic E-state index is 0.0751. The summed E-state index contributed by atoms with van der Waals surface area (Å²) in [7, 11) is -0.628. The third-order valence-electron chi connectivity index (χ3n) is 2.54. The Hall–Kier alpha value is -1.36. The van der Waals surface area contributed by atoms with Crippen LogP contribution in [0.15, 0.2) is 21.6 Å². The van der Waals surface area contributed by atoms with Gasteiger partial charge in [0, 0.05) is 20.6 Å².